The summed E-state index contributed by atoms with van der Waals surface area (Å²) in [5, 5.41) is 2.83. The van der Waals surface area contributed by atoms with Crippen molar-refractivity contribution < 1.29 is 4.79 Å². The van der Waals surface area contributed by atoms with E-state index in [1.807, 2.05) is 24.3 Å². The van der Waals surface area contributed by atoms with Crippen molar-refractivity contribution in [2.24, 2.45) is 0 Å². The molecule has 0 atom stereocenters. The maximum Gasteiger partial charge on any atom is 0.328 e. The molecule has 7 nitrogen and oxygen atoms in total. The van der Waals surface area contributed by atoms with Gasteiger partial charge in [0.15, 0.2) is 0 Å². The van der Waals surface area contributed by atoms with Crippen molar-refractivity contribution in [2.75, 3.05) is 23.3 Å². The molecule has 3 rings (SSSR count). The van der Waals surface area contributed by atoms with Crippen molar-refractivity contribution in [3.8, 4) is 0 Å². The third-order valence-electron chi connectivity index (χ3n) is 4.35. The number of nitrogens with one attached hydrogen (secondary N) is 2. The van der Waals surface area contributed by atoms with E-state index < -0.39 is 11.2 Å². The first kappa shape index (κ1) is 17.0. The Morgan fingerprint density at radius 2 is 1.76 bits per heavy atom. The third-order valence-corrected chi connectivity index (χ3v) is 4.35. The number of carbonyl (C=O) groups excluding carboxylic acids is 1. The van der Waals surface area contributed by atoms with Gasteiger partial charge < -0.3 is 14.8 Å². The van der Waals surface area contributed by atoms with Crippen LogP contribution in [0.4, 0.5) is 11.4 Å². The molecule has 2 heterocycles. The highest BCUT2D eigenvalue weighted by molar-refractivity contribution is 5.90. The Balaban J connectivity index is 1.53. The fourth-order valence-electron chi connectivity index (χ4n) is 2.97. The van der Waals surface area contributed by atoms with E-state index in [0.717, 1.165) is 18.8 Å². The lowest BCUT2D eigenvalue weighted by molar-refractivity contribution is -0.116. The fourth-order valence-corrected chi connectivity index (χ4v) is 2.97. The molecule has 1 aromatic carbocycles. The fraction of sp³-hybridized carbons (Fsp3) is 0.389. The van der Waals surface area contributed by atoms with Gasteiger partial charge in [-0.1, -0.05) is 0 Å². The van der Waals surface area contributed by atoms with Crippen LogP contribution in [0.15, 0.2) is 46.1 Å². The van der Waals surface area contributed by atoms with Crippen LogP contribution in [-0.2, 0) is 11.3 Å². The molecule has 1 amide bonds. The predicted octanol–water partition coefficient (Wildman–Crippen LogP) is 1.56. The van der Waals surface area contributed by atoms with E-state index in [2.05, 4.69) is 15.2 Å². The second-order valence-corrected chi connectivity index (χ2v) is 6.20. The zero-order chi connectivity index (χ0) is 17.6. The van der Waals surface area contributed by atoms with E-state index in [-0.39, 0.29) is 18.9 Å². The standard InChI is InChI=1S/C18H22N4O3/c23-16(8-12-22-13-9-17(24)20-18(22)25)19-14-4-6-15(7-5-14)21-10-2-1-3-11-21/h4-7,9,13H,1-3,8,10-12H2,(H,19,23)(H,20,24,25). The van der Waals surface area contributed by atoms with Gasteiger partial charge in [-0.3, -0.25) is 14.6 Å². The number of hydrogen-bond acceptors (Lipinski definition) is 4. The number of anilines is 2. The van der Waals surface area contributed by atoms with E-state index >= 15 is 0 Å². The first-order chi connectivity index (χ1) is 12.1. The number of aromatic nitrogens is 2. The number of nitrogens with zero attached hydrogens (tertiary/aromatic N) is 2. The molecule has 2 N–H and O–H groups in total. The van der Waals surface area contributed by atoms with Crippen molar-refractivity contribution in [3.05, 3.63) is 57.4 Å². The van der Waals surface area contributed by atoms with Crippen LogP contribution in [0.1, 0.15) is 25.7 Å². The molecule has 25 heavy (non-hydrogen) atoms. The summed E-state index contributed by atoms with van der Waals surface area (Å²) >= 11 is 0. The van der Waals surface area contributed by atoms with Gasteiger partial charge in [0.05, 0.1) is 0 Å². The Hall–Kier alpha value is -2.83. The number of rotatable bonds is 5. The number of amides is 1. The van der Waals surface area contributed by atoms with Gasteiger partial charge in [0, 0.05) is 49.7 Å². The van der Waals surface area contributed by atoms with Gasteiger partial charge in [0.1, 0.15) is 0 Å². The minimum atomic E-state index is -0.508. The Labute approximate surface area is 145 Å². The van der Waals surface area contributed by atoms with Crippen molar-refractivity contribution in [1.29, 1.82) is 0 Å². The summed E-state index contributed by atoms with van der Waals surface area (Å²) in [5.74, 6) is -0.177. The molecule has 0 bridgehead atoms. The van der Waals surface area contributed by atoms with Crippen LogP contribution in [0.2, 0.25) is 0 Å². The molecule has 1 aliphatic heterocycles. The number of piperidine rings is 1. The van der Waals surface area contributed by atoms with Gasteiger partial charge in [-0.25, -0.2) is 4.79 Å². The molecule has 0 spiro atoms. The lowest BCUT2D eigenvalue weighted by atomic mass is 10.1. The van der Waals surface area contributed by atoms with E-state index in [0.29, 0.717) is 0 Å². The summed E-state index contributed by atoms with van der Waals surface area (Å²) in [7, 11) is 0. The molecular formula is C18H22N4O3. The van der Waals surface area contributed by atoms with Crippen molar-refractivity contribution in [1.82, 2.24) is 9.55 Å². The molecule has 1 saturated heterocycles. The average Bonchev–Trinajstić information content (AvgIpc) is 2.62. The maximum absolute atomic E-state index is 12.0. The van der Waals surface area contributed by atoms with E-state index in [1.54, 1.807) is 0 Å². The Morgan fingerprint density at radius 1 is 1.04 bits per heavy atom. The summed E-state index contributed by atoms with van der Waals surface area (Å²) in [6.07, 6.45) is 5.29. The van der Waals surface area contributed by atoms with Crippen LogP contribution in [0.3, 0.4) is 0 Å². The molecule has 1 fully saturated rings. The summed E-state index contributed by atoms with van der Waals surface area (Å²) in [5.41, 5.74) is 0.961. The predicted molar refractivity (Wildman–Crippen MR) is 97.1 cm³/mol. The smallest absolute Gasteiger partial charge is 0.328 e. The lowest BCUT2D eigenvalue weighted by Gasteiger charge is -2.28. The molecule has 132 valence electrons. The highest BCUT2D eigenvalue weighted by atomic mass is 16.2. The lowest BCUT2D eigenvalue weighted by Crippen LogP contribution is -2.30. The van der Waals surface area contributed by atoms with E-state index in [9.17, 15) is 14.4 Å². The van der Waals surface area contributed by atoms with Gasteiger partial charge in [-0.15, -0.1) is 0 Å². The largest absolute Gasteiger partial charge is 0.372 e. The Morgan fingerprint density at radius 3 is 2.44 bits per heavy atom. The van der Waals surface area contributed by atoms with Crippen LogP contribution in [-0.4, -0.2) is 28.5 Å². The quantitative estimate of drug-likeness (QED) is 0.863. The van der Waals surface area contributed by atoms with Crippen molar-refractivity contribution in [2.45, 2.75) is 32.2 Å². The monoisotopic (exact) mass is 342 g/mol. The second-order valence-electron chi connectivity index (χ2n) is 6.20. The Bertz CT molecular complexity index is 832. The van der Waals surface area contributed by atoms with E-state index in [4.69, 9.17) is 0 Å². The molecule has 1 aromatic heterocycles. The number of carbonyl (C=O) groups is 1. The summed E-state index contributed by atoms with van der Waals surface area (Å²) in [6.45, 7) is 2.38. The van der Waals surface area contributed by atoms with Crippen LogP contribution in [0, 0.1) is 0 Å². The highest BCUT2D eigenvalue weighted by Crippen LogP contribution is 2.21. The van der Waals surface area contributed by atoms with Gasteiger partial charge in [0.25, 0.3) is 5.56 Å². The molecule has 0 unspecified atom stereocenters. The summed E-state index contributed by atoms with van der Waals surface area (Å²) in [6, 6.07) is 9.10. The van der Waals surface area contributed by atoms with Crippen molar-refractivity contribution >= 4 is 17.3 Å². The molecule has 2 aromatic rings. The highest BCUT2D eigenvalue weighted by Gasteiger charge is 2.11. The third kappa shape index (κ3) is 4.59. The second kappa shape index (κ2) is 7.83. The molecule has 0 saturated carbocycles. The minimum absolute atomic E-state index is 0.153. The van der Waals surface area contributed by atoms with Crippen LogP contribution < -0.4 is 21.5 Å². The summed E-state index contributed by atoms with van der Waals surface area (Å²) in [4.78, 5) is 39.1. The number of aromatic amines is 1. The topological polar surface area (TPSA) is 87.2 Å². The van der Waals surface area contributed by atoms with Gasteiger partial charge in [-0.05, 0) is 43.5 Å². The Kier molecular flexibility index (Phi) is 5.33. The van der Waals surface area contributed by atoms with Crippen LogP contribution in [0.5, 0.6) is 0 Å². The average molecular weight is 342 g/mol. The molecule has 0 aliphatic carbocycles. The first-order valence-corrected chi connectivity index (χ1v) is 8.56. The van der Waals surface area contributed by atoms with E-state index in [1.165, 1.54) is 41.8 Å². The number of benzene rings is 1. The zero-order valence-electron chi connectivity index (χ0n) is 14.0. The molecule has 1 aliphatic rings. The SMILES string of the molecule is O=C(CCn1ccc(=O)[nH]c1=O)Nc1ccc(N2CCCCC2)cc1. The first-order valence-electron chi connectivity index (χ1n) is 8.56. The number of hydrogen-bond donors (Lipinski definition) is 2. The molecule has 7 heteroatoms. The maximum atomic E-state index is 12.0. The van der Waals surface area contributed by atoms with Gasteiger partial charge in [0.2, 0.25) is 5.91 Å². The van der Waals surface area contributed by atoms with Crippen molar-refractivity contribution in [3.63, 3.8) is 0 Å². The van der Waals surface area contributed by atoms with Gasteiger partial charge in [-0.2, -0.15) is 0 Å². The molecule has 0 radical (unpaired) electrons. The normalized spacial score (nSPS) is 14.3. The van der Waals surface area contributed by atoms with Crippen LogP contribution in [0.25, 0.3) is 0 Å². The molecular weight excluding hydrogens is 320 g/mol. The van der Waals surface area contributed by atoms with Crippen LogP contribution >= 0.6 is 0 Å². The summed E-state index contributed by atoms with van der Waals surface area (Å²) < 4.78 is 1.31. The zero-order valence-corrected chi connectivity index (χ0v) is 14.0. The number of aryl methyl sites for hydroxylation is 1. The minimum Gasteiger partial charge on any atom is -0.372 e. The number of H-pyrrole nitrogens is 1. The van der Waals surface area contributed by atoms with Gasteiger partial charge >= 0.3 is 5.69 Å².